The lowest BCUT2D eigenvalue weighted by atomic mass is 9.73. The summed E-state index contributed by atoms with van der Waals surface area (Å²) >= 11 is 0. The number of likely N-dealkylation sites (tertiary alicyclic amines) is 1. The van der Waals surface area contributed by atoms with Crippen LogP contribution in [0.1, 0.15) is 64.7 Å². The van der Waals surface area contributed by atoms with Crippen molar-refractivity contribution in [2.45, 2.75) is 64.7 Å². The zero-order chi connectivity index (χ0) is 14.1. The summed E-state index contributed by atoms with van der Waals surface area (Å²) in [6.07, 6.45) is 11.3. The Labute approximate surface area is 123 Å². The zero-order valence-corrected chi connectivity index (χ0v) is 13.0. The minimum absolute atomic E-state index is 0.0502. The first-order chi connectivity index (χ1) is 9.70. The van der Waals surface area contributed by atoms with E-state index < -0.39 is 0 Å². The van der Waals surface area contributed by atoms with Crippen LogP contribution in [0.3, 0.4) is 0 Å². The van der Waals surface area contributed by atoms with Gasteiger partial charge < -0.3 is 10.2 Å². The molecule has 3 rings (SSSR count). The summed E-state index contributed by atoms with van der Waals surface area (Å²) in [5, 5.41) is 3.40. The van der Waals surface area contributed by atoms with E-state index in [9.17, 15) is 4.79 Å². The van der Waals surface area contributed by atoms with E-state index in [1.54, 1.807) is 0 Å². The molecule has 1 N–H and O–H groups in total. The van der Waals surface area contributed by atoms with E-state index in [0.717, 1.165) is 45.4 Å². The Morgan fingerprint density at radius 3 is 2.15 bits per heavy atom. The maximum absolute atomic E-state index is 13.0. The van der Waals surface area contributed by atoms with Gasteiger partial charge >= 0.3 is 0 Å². The van der Waals surface area contributed by atoms with Gasteiger partial charge in [-0.2, -0.15) is 0 Å². The summed E-state index contributed by atoms with van der Waals surface area (Å²) < 4.78 is 0. The van der Waals surface area contributed by atoms with Crippen molar-refractivity contribution in [2.75, 3.05) is 26.2 Å². The molecule has 20 heavy (non-hydrogen) atoms. The number of carbonyl (C=O) groups excluding carboxylic acids is 1. The van der Waals surface area contributed by atoms with Crippen molar-refractivity contribution in [3.8, 4) is 0 Å². The zero-order valence-electron chi connectivity index (χ0n) is 13.0. The number of rotatable bonds is 2. The lowest BCUT2D eigenvalue weighted by Gasteiger charge is -2.44. The molecule has 3 heteroatoms. The normalized spacial score (nSPS) is 28.8. The van der Waals surface area contributed by atoms with Crippen LogP contribution in [0.25, 0.3) is 0 Å². The third kappa shape index (κ3) is 2.49. The highest BCUT2D eigenvalue weighted by Crippen LogP contribution is 2.47. The molecule has 114 valence electrons. The largest absolute Gasteiger partial charge is 0.342 e. The predicted octanol–water partition coefficient (Wildman–Crippen LogP) is 2.95. The molecule has 2 aliphatic heterocycles. The number of nitrogens with zero attached hydrogens (tertiary/aromatic N) is 1. The summed E-state index contributed by atoms with van der Waals surface area (Å²) in [5.41, 5.74) is 0.565. The summed E-state index contributed by atoms with van der Waals surface area (Å²) in [6.45, 7) is 6.27. The second-order valence-electron chi connectivity index (χ2n) is 7.38. The molecule has 1 saturated carbocycles. The number of hydrogen-bond acceptors (Lipinski definition) is 2. The van der Waals surface area contributed by atoms with E-state index in [-0.39, 0.29) is 5.41 Å². The van der Waals surface area contributed by atoms with Crippen molar-refractivity contribution < 1.29 is 4.79 Å². The van der Waals surface area contributed by atoms with Crippen LogP contribution >= 0.6 is 0 Å². The molecule has 0 radical (unpaired) electrons. The Bertz CT molecular complexity index is 344. The maximum Gasteiger partial charge on any atom is 0.228 e. The Morgan fingerprint density at radius 1 is 1.00 bits per heavy atom. The number of hydrogen-bond donors (Lipinski definition) is 1. The number of carbonyl (C=O) groups is 1. The SMILES string of the molecule is CCC1(C(=O)N2CCC3(CCCC3)CC2)CCNCC1. The first-order valence-electron chi connectivity index (χ1n) is 8.70. The fraction of sp³-hybridized carbons (Fsp3) is 0.941. The average Bonchev–Trinajstić information content (AvgIpc) is 2.96. The highest BCUT2D eigenvalue weighted by molar-refractivity contribution is 5.83. The molecule has 0 aromatic carbocycles. The van der Waals surface area contributed by atoms with E-state index in [4.69, 9.17) is 0 Å². The van der Waals surface area contributed by atoms with Crippen molar-refractivity contribution in [3.05, 3.63) is 0 Å². The Kier molecular flexibility index (Phi) is 4.07. The van der Waals surface area contributed by atoms with Gasteiger partial charge in [0.15, 0.2) is 0 Å². The second kappa shape index (κ2) is 5.67. The van der Waals surface area contributed by atoms with Gasteiger partial charge in [0, 0.05) is 13.1 Å². The molecule has 3 fully saturated rings. The van der Waals surface area contributed by atoms with E-state index in [1.165, 1.54) is 38.5 Å². The van der Waals surface area contributed by atoms with Gasteiger partial charge in [0.2, 0.25) is 5.91 Å². The van der Waals surface area contributed by atoms with Crippen molar-refractivity contribution in [3.63, 3.8) is 0 Å². The van der Waals surface area contributed by atoms with E-state index in [1.807, 2.05) is 0 Å². The van der Waals surface area contributed by atoms with Gasteiger partial charge in [-0.05, 0) is 63.5 Å². The highest BCUT2D eigenvalue weighted by atomic mass is 16.2. The first-order valence-corrected chi connectivity index (χ1v) is 8.70. The van der Waals surface area contributed by atoms with Crippen molar-refractivity contribution in [1.82, 2.24) is 10.2 Å². The van der Waals surface area contributed by atoms with Crippen LogP contribution in [-0.2, 0) is 4.79 Å². The standard InChI is InChI=1S/C17H30N2O/c1-2-17(7-11-18-12-8-17)15(20)19-13-9-16(10-14-19)5-3-4-6-16/h18H,2-14H2,1H3. The third-order valence-electron chi connectivity index (χ3n) is 6.47. The average molecular weight is 278 g/mol. The molecule has 3 aliphatic rings. The van der Waals surface area contributed by atoms with Gasteiger partial charge in [-0.1, -0.05) is 19.8 Å². The number of nitrogens with one attached hydrogen (secondary N) is 1. The second-order valence-corrected chi connectivity index (χ2v) is 7.38. The monoisotopic (exact) mass is 278 g/mol. The maximum atomic E-state index is 13.0. The van der Waals surface area contributed by atoms with Crippen molar-refractivity contribution >= 4 is 5.91 Å². The summed E-state index contributed by atoms with van der Waals surface area (Å²) in [7, 11) is 0. The van der Waals surface area contributed by atoms with Crippen LogP contribution < -0.4 is 5.32 Å². The van der Waals surface area contributed by atoms with E-state index in [2.05, 4.69) is 17.1 Å². The molecule has 2 heterocycles. The fourth-order valence-corrected chi connectivity index (χ4v) is 4.77. The number of piperidine rings is 2. The smallest absolute Gasteiger partial charge is 0.228 e. The first kappa shape index (κ1) is 14.4. The lowest BCUT2D eigenvalue weighted by Crippen LogP contribution is -2.52. The molecule has 3 nitrogen and oxygen atoms in total. The molecule has 0 aromatic rings. The quantitative estimate of drug-likeness (QED) is 0.842. The minimum Gasteiger partial charge on any atom is -0.342 e. The molecular formula is C17H30N2O. The molecule has 0 aromatic heterocycles. The van der Waals surface area contributed by atoms with Crippen LogP contribution in [0, 0.1) is 10.8 Å². The summed E-state index contributed by atoms with van der Waals surface area (Å²) in [4.78, 5) is 15.2. The predicted molar refractivity (Wildman–Crippen MR) is 81.5 cm³/mol. The Morgan fingerprint density at radius 2 is 1.60 bits per heavy atom. The van der Waals surface area contributed by atoms with E-state index in [0.29, 0.717) is 11.3 Å². The van der Waals surface area contributed by atoms with Crippen LogP contribution in [0.4, 0.5) is 0 Å². The summed E-state index contributed by atoms with van der Waals surface area (Å²) in [5.74, 6) is 0.467. The van der Waals surface area contributed by atoms with Crippen LogP contribution in [-0.4, -0.2) is 37.0 Å². The number of amides is 1. The fourth-order valence-electron chi connectivity index (χ4n) is 4.77. The van der Waals surface area contributed by atoms with Gasteiger partial charge in [0.25, 0.3) is 0 Å². The third-order valence-corrected chi connectivity index (χ3v) is 6.47. The van der Waals surface area contributed by atoms with Gasteiger partial charge in [0.05, 0.1) is 5.41 Å². The van der Waals surface area contributed by atoms with Crippen molar-refractivity contribution in [1.29, 1.82) is 0 Å². The Balaban J connectivity index is 1.63. The van der Waals surface area contributed by atoms with Crippen molar-refractivity contribution in [2.24, 2.45) is 10.8 Å². The Hall–Kier alpha value is -0.570. The molecule has 2 saturated heterocycles. The molecule has 1 spiro atoms. The van der Waals surface area contributed by atoms with Gasteiger partial charge in [-0.3, -0.25) is 4.79 Å². The topological polar surface area (TPSA) is 32.3 Å². The molecule has 1 aliphatic carbocycles. The van der Waals surface area contributed by atoms with E-state index >= 15 is 0 Å². The van der Waals surface area contributed by atoms with Gasteiger partial charge in [-0.25, -0.2) is 0 Å². The van der Waals surface area contributed by atoms with Gasteiger partial charge in [-0.15, -0.1) is 0 Å². The van der Waals surface area contributed by atoms with Gasteiger partial charge in [0.1, 0.15) is 0 Å². The lowest BCUT2D eigenvalue weighted by molar-refractivity contribution is -0.146. The molecular weight excluding hydrogens is 248 g/mol. The highest BCUT2D eigenvalue weighted by Gasteiger charge is 2.44. The van der Waals surface area contributed by atoms with Crippen LogP contribution in [0.2, 0.25) is 0 Å². The molecule has 0 unspecified atom stereocenters. The minimum atomic E-state index is -0.0502. The van der Waals surface area contributed by atoms with Crippen LogP contribution in [0.5, 0.6) is 0 Å². The molecule has 1 amide bonds. The molecule has 0 bridgehead atoms. The molecule has 0 atom stereocenters. The summed E-state index contributed by atoms with van der Waals surface area (Å²) in [6, 6.07) is 0. The van der Waals surface area contributed by atoms with Crippen LogP contribution in [0.15, 0.2) is 0 Å².